The van der Waals surface area contributed by atoms with Crippen LogP contribution < -0.4 is 0 Å². The van der Waals surface area contributed by atoms with Crippen LogP contribution in [-0.4, -0.2) is 35.5 Å². The smallest absolute Gasteiger partial charge is 0.151 e. The molecule has 0 unspecified atom stereocenters. The molecule has 41 heavy (non-hydrogen) atoms. The van der Waals surface area contributed by atoms with Crippen molar-refractivity contribution in [2.24, 2.45) is 34.5 Å². The van der Waals surface area contributed by atoms with E-state index in [1.807, 2.05) is 0 Å². The Labute approximate surface area is 261 Å². The summed E-state index contributed by atoms with van der Waals surface area (Å²) in [6.07, 6.45) is 26.5. The van der Waals surface area contributed by atoms with Crippen molar-refractivity contribution in [1.82, 2.24) is 0 Å². The molecule has 5 aliphatic carbocycles. The Morgan fingerprint density at radius 3 is 1.22 bits per heavy atom. The molecule has 0 aromatic carbocycles. The highest BCUT2D eigenvalue weighted by Gasteiger charge is 2.79. The van der Waals surface area contributed by atoms with Gasteiger partial charge >= 0.3 is 0 Å². The number of Topliss-reactive ketones (excluding diaryl/α,β-unsaturated/α-hetero) is 1. The lowest BCUT2D eigenvalue weighted by Gasteiger charge is -2.67. The normalized spacial score (nSPS) is 41.0. The number of halogens is 2. The lowest BCUT2D eigenvalue weighted by molar-refractivity contribution is -0.173. The number of hydrogen-bond acceptors (Lipinski definition) is 3. The second-order valence-corrected chi connectivity index (χ2v) is 16.3. The molecule has 0 heterocycles. The fourth-order valence-electron chi connectivity index (χ4n) is 10.1. The maximum Gasteiger partial charge on any atom is 0.151 e. The van der Waals surface area contributed by atoms with E-state index in [1.165, 1.54) is 89.9 Å². The number of carbonyl (C=O) groups excluding carboxylic acids is 1. The fourth-order valence-corrected chi connectivity index (χ4v) is 11.2. The van der Waals surface area contributed by atoms with Crippen LogP contribution in [0, 0.1) is 34.5 Å². The molecule has 3 nitrogen and oxygen atoms in total. The Morgan fingerprint density at radius 1 is 0.561 bits per heavy atom. The molecular weight excluding hydrogens is 551 g/mol. The van der Waals surface area contributed by atoms with Crippen LogP contribution in [0.2, 0.25) is 0 Å². The summed E-state index contributed by atoms with van der Waals surface area (Å²) in [5, 5.41) is 0. The molecule has 0 N–H and O–H groups in total. The summed E-state index contributed by atoms with van der Waals surface area (Å²) < 4.78 is 11.5. The van der Waals surface area contributed by atoms with Gasteiger partial charge in [-0.2, -0.15) is 0 Å². The Balaban J connectivity index is 1.05. The zero-order valence-electron chi connectivity index (χ0n) is 26.4. The summed E-state index contributed by atoms with van der Waals surface area (Å²) in [5.74, 6) is 3.49. The van der Waals surface area contributed by atoms with Crippen molar-refractivity contribution >= 4 is 29.0 Å². The summed E-state index contributed by atoms with van der Waals surface area (Å²) in [6.45, 7) is 6.36. The van der Waals surface area contributed by atoms with E-state index in [-0.39, 0.29) is 0 Å². The van der Waals surface area contributed by atoms with Crippen molar-refractivity contribution in [3.05, 3.63) is 0 Å². The van der Waals surface area contributed by atoms with E-state index >= 15 is 0 Å². The van der Waals surface area contributed by atoms with Gasteiger partial charge in [0.05, 0.1) is 23.0 Å². The molecule has 0 amide bonds. The number of ketones is 1. The van der Waals surface area contributed by atoms with Crippen LogP contribution in [0.5, 0.6) is 0 Å². The molecule has 0 aliphatic heterocycles. The number of alkyl halides is 2. The third kappa shape index (κ3) is 6.60. The van der Waals surface area contributed by atoms with Gasteiger partial charge < -0.3 is 9.47 Å². The van der Waals surface area contributed by atoms with Crippen LogP contribution >= 0.6 is 23.2 Å². The molecule has 0 bridgehead atoms. The molecule has 0 aromatic rings. The van der Waals surface area contributed by atoms with Gasteiger partial charge in [-0.15, -0.1) is 0 Å². The predicted octanol–water partition coefficient (Wildman–Crippen LogP) is 10.6. The molecular formula is C36H60Cl2O3. The second kappa shape index (κ2) is 14.5. The average molecular weight is 612 g/mol. The summed E-state index contributed by atoms with van der Waals surface area (Å²) in [4.78, 5) is 14.1. The largest absolute Gasteiger partial charge is 0.378 e. The van der Waals surface area contributed by atoms with E-state index in [9.17, 15) is 4.79 Å². The number of ether oxygens (including phenoxy) is 2. The molecule has 5 heteroatoms. The third-order valence-corrected chi connectivity index (χ3v) is 14.3. The van der Waals surface area contributed by atoms with Crippen molar-refractivity contribution in [1.29, 1.82) is 0 Å². The minimum atomic E-state index is -0.874. The summed E-state index contributed by atoms with van der Waals surface area (Å²) in [6, 6.07) is 0. The first kappa shape index (κ1) is 32.6. The number of unbranched alkanes of at least 4 members (excludes halogenated alkanes) is 4. The number of hydrogen-bond donors (Lipinski definition) is 0. The molecule has 236 valence electrons. The fraction of sp³-hybridized carbons (Fsp3) is 0.972. The standard InChI is InChI=1S/C36H60Cl2O3/c1-3-5-7-25-40-31-13-9-27(10-14-31)29-17-21-34(22-18-29)33(39)35(36(34,37)38)23-19-30(20-24-35)28-11-15-32(16-12-28)41-26-8-6-4-2/h27-32H,3-26H2,1-2H3. The van der Waals surface area contributed by atoms with Crippen LogP contribution in [-0.2, 0) is 14.3 Å². The summed E-state index contributed by atoms with van der Waals surface area (Å²) in [5.41, 5.74) is -0.960. The van der Waals surface area contributed by atoms with Crippen molar-refractivity contribution in [3.63, 3.8) is 0 Å². The first-order valence-corrected chi connectivity index (χ1v) is 18.8. The monoisotopic (exact) mass is 610 g/mol. The minimum Gasteiger partial charge on any atom is -0.378 e. The van der Waals surface area contributed by atoms with Crippen LogP contribution in [0.1, 0.15) is 155 Å². The first-order valence-electron chi connectivity index (χ1n) is 18.0. The van der Waals surface area contributed by atoms with Crippen LogP contribution in [0.4, 0.5) is 0 Å². The topological polar surface area (TPSA) is 35.5 Å². The van der Waals surface area contributed by atoms with E-state index in [1.54, 1.807) is 0 Å². The maximum atomic E-state index is 14.1. The summed E-state index contributed by atoms with van der Waals surface area (Å²) in [7, 11) is 0. The number of carbonyl (C=O) groups is 1. The zero-order chi connectivity index (χ0) is 28.9. The van der Waals surface area contributed by atoms with E-state index in [4.69, 9.17) is 32.7 Å². The average Bonchev–Trinajstić information content (AvgIpc) is 3.02. The molecule has 5 aliphatic rings. The quantitative estimate of drug-likeness (QED) is 0.163. The molecule has 5 fully saturated rings. The lowest BCUT2D eigenvalue weighted by Crippen LogP contribution is -2.74. The van der Waals surface area contributed by atoms with Gasteiger partial charge in [0.25, 0.3) is 0 Å². The van der Waals surface area contributed by atoms with E-state index < -0.39 is 15.2 Å². The van der Waals surface area contributed by atoms with Crippen LogP contribution in [0.25, 0.3) is 0 Å². The number of rotatable bonds is 12. The maximum absolute atomic E-state index is 14.1. The van der Waals surface area contributed by atoms with Crippen molar-refractivity contribution in [3.8, 4) is 0 Å². The SMILES string of the molecule is CCCCCOC1CCC(C2CCC3(CC2)C(=O)C2(CCC(C4CCC(OCCCCC)CC4)CC2)C3(Cl)Cl)CC1. The first-order chi connectivity index (χ1) is 19.9. The Kier molecular flexibility index (Phi) is 11.5. The van der Waals surface area contributed by atoms with Gasteiger partial charge in [-0.1, -0.05) is 62.7 Å². The molecule has 5 rings (SSSR count). The van der Waals surface area contributed by atoms with Gasteiger partial charge in [0, 0.05) is 13.2 Å². The van der Waals surface area contributed by atoms with E-state index in [0.717, 1.165) is 88.3 Å². The lowest BCUT2D eigenvalue weighted by atomic mass is 9.41. The highest BCUT2D eigenvalue weighted by Crippen LogP contribution is 2.75. The van der Waals surface area contributed by atoms with Gasteiger partial charge in [0.1, 0.15) is 4.33 Å². The highest BCUT2D eigenvalue weighted by molar-refractivity contribution is 6.55. The van der Waals surface area contributed by atoms with Crippen LogP contribution in [0.3, 0.4) is 0 Å². The Bertz CT molecular complexity index is 747. The van der Waals surface area contributed by atoms with E-state index in [0.29, 0.717) is 18.0 Å². The molecule has 0 atom stereocenters. The molecule has 0 aromatic heterocycles. The second-order valence-electron chi connectivity index (χ2n) is 15.0. The predicted molar refractivity (Wildman–Crippen MR) is 171 cm³/mol. The molecule has 0 saturated heterocycles. The van der Waals surface area contributed by atoms with Gasteiger partial charge in [-0.3, -0.25) is 4.79 Å². The summed E-state index contributed by atoms with van der Waals surface area (Å²) >= 11 is 14.7. The Hall–Kier alpha value is 0.170. The van der Waals surface area contributed by atoms with Gasteiger partial charge in [-0.05, 0) is 139 Å². The zero-order valence-corrected chi connectivity index (χ0v) is 27.9. The molecule has 5 saturated carbocycles. The van der Waals surface area contributed by atoms with Gasteiger partial charge in [-0.25, -0.2) is 0 Å². The Morgan fingerprint density at radius 2 is 0.902 bits per heavy atom. The van der Waals surface area contributed by atoms with Crippen LogP contribution in [0.15, 0.2) is 0 Å². The van der Waals surface area contributed by atoms with E-state index in [2.05, 4.69) is 13.8 Å². The third-order valence-electron chi connectivity index (χ3n) is 12.8. The van der Waals surface area contributed by atoms with Gasteiger partial charge in [0.2, 0.25) is 0 Å². The minimum absolute atomic E-state index is 0.445. The van der Waals surface area contributed by atoms with Crippen molar-refractivity contribution in [2.45, 2.75) is 172 Å². The highest BCUT2D eigenvalue weighted by atomic mass is 35.5. The molecule has 2 spiro atoms. The van der Waals surface area contributed by atoms with Gasteiger partial charge in [0.15, 0.2) is 5.78 Å². The van der Waals surface area contributed by atoms with Crippen molar-refractivity contribution < 1.29 is 14.3 Å². The van der Waals surface area contributed by atoms with Crippen molar-refractivity contribution in [2.75, 3.05) is 13.2 Å². The molecule has 0 radical (unpaired) electrons.